The van der Waals surface area contributed by atoms with Crippen molar-refractivity contribution in [2.75, 3.05) is 5.32 Å². The molecule has 2 unspecified atom stereocenters. The average Bonchev–Trinajstić information content (AvgIpc) is 2.46. The first-order valence-corrected chi connectivity index (χ1v) is 6.76. The summed E-state index contributed by atoms with van der Waals surface area (Å²) in [6.07, 6.45) is 0.962. The van der Waals surface area contributed by atoms with Crippen LogP contribution >= 0.6 is 0 Å². The van der Waals surface area contributed by atoms with Gasteiger partial charge in [-0.3, -0.25) is 4.79 Å². The van der Waals surface area contributed by atoms with E-state index in [4.69, 9.17) is 0 Å². The fourth-order valence-corrected chi connectivity index (χ4v) is 3.01. The van der Waals surface area contributed by atoms with E-state index >= 15 is 0 Å². The summed E-state index contributed by atoms with van der Waals surface area (Å²) in [5, 5.41) is 3.03. The first-order valence-electron chi connectivity index (χ1n) is 6.76. The van der Waals surface area contributed by atoms with Crippen molar-refractivity contribution in [3.05, 3.63) is 65.7 Å². The van der Waals surface area contributed by atoms with E-state index in [0.29, 0.717) is 0 Å². The predicted molar refractivity (Wildman–Crippen MR) is 77.3 cm³/mol. The molecule has 2 aromatic carbocycles. The zero-order chi connectivity index (χ0) is 13.2. The molecule has 1 aliphatic heterocycles. The molecule has 1 aliphatic rings. The van der Waals surface area contributed by atoms with Gasteiger partial charge in [0.1, 0.15) is 0 Å². The molecule has 0 aliphatic carbocycles. The van der Waals surface area contributed by atoms with E-state index in [0.717, 1.165) is 17.7 Å². The van der Waals surface area contributed by atoms with Gasteiger partial charge in [0.05, 0.1) is 5.92 Å². The van der Waals surface area contributed by atoms with Gasteiger partial charge in [0.2, 0.25) is 5.91 Å². The van der Waals surface area contributed by atoms with Gasteiger partial charge in [0.25, 0.3) is 0 Å². The van der Waals surface area contributed by atoms with Gasteiger partial charge in [-0.2, -0.15) is 0 Å². The second kappa shape index (κ2) is 4.88. The summed E-state index contributed by atoms with van der Waals surface area (Å²) < 4.78 is 0. The molecule has 0 saturated carbocycles. The first-order chi connectivity index (χ1) is 9.31. The van der Waals surface area contributed by atoms with Gasteiger partial charge in [-0.15, -0.1) is 0 Å². The van der Waals surface area contributed by atoms with Gasteiger partial charge < -0.3 is 5.32 Å². The number of amides is 1. The van der Waals surface area contributed by atoms with Crippen molar-refractivity contribution in [2.45, 2.75) is 25.2 Å². The highest BCUT2D eigenvalue weighted by Crippen LogP contribution is 2.42. The molecule has 0 bridgehead atoms. The number of anilines is 1. The highest BCUT2D eigenvalue weighted by Gasteiger charge is 2.35. The van der Waals surface area contributed by atoms with E-state index in [2.05, 4.69) is 18.3 Å². The number of hydrogen-bond acceptors (Lipinski definition) is 1. The molecule has 1 amide bonds. The zero-order valence-corrected chi connectivity index (χ0v) is 11.0. The third kappa shape index (κ3) is 2.03. The Labute approximate surface area is 113 Å². The lowest BCUT2D eigenvalue weighted by Crippen LogP contribution is -2.31. The van der Waals surface area contributed by atoms with Crippen LogP contribution in [0.25, 0.3) is 0 Å². The lowest BCUT2D eigenvalue weighted by Gasteiger charge is -2.32. The first kappa shape index (κ1) is 12.0. The molecule has 96 valence electrons. The SMILES string of the molecule is CCC1c2ccccc2NC(=O)C1c1ccccc1. The minimum absolute atomic E-state index is 0.0823. The average molecular weight is 251 g/mol. The Hall–Kier alpha value is -2.09. The zero-order valence-electron chi connectivity index (χ0n) is 11.0. The molecule has 1 heterocycles. The minimum atomic E-state index is -0.0823. The number of para-hydroxylation sites is 1. The third-order valence-corrected chi connectivity index (χ3v) is 3.90. The summed E-state index contributed by atoms with van der Waals surface area (Å²) in [4.78, 5) is 12.4. The minimum Gasteiger partial charge on any atom is -0.325 e. The van der Waals surface area contributed by atoms with Crippen molar-refractivity contribution in [3.63, 3.8) is 0 Å². The van der Waals surface area contributed by atoms with Crippen molar-refractivity contribution >= 4 is 11.6 Å². The topological polar surface area (TPSA) is 29.1 Å². The summed E-state index contributed by atoms with van der Waals surface area (Å²) in [6.45, 7) is 2.15. The molecule has 1 N–H and O–H groups in total. The molecule has 0 fully saturated rings. The summed E-state index contributed by atoms with van der Waals surface area (Å²) in [5.74, 6) is 0.283. The monoisotopic (exact) mass is 251 g/mol. The third-order valence-electron chi connectivity index (χ3n) is 3.90. The number of hydrogen-bond donors (Lipinski definition) is 1. The molecule has 0 saturated heterocycles. The normalized spacial score (nSPS) is 21.6. The van der Waals surface area contributed by atoms with Crippen molar-refractivity contribution in [1.82, 2.24) is 0 Å². The Kier molecular flexibility index (Phi) is 3.08. The Balaban J connectivity index is 2.09. The van der Waals surface area contributed by atoms with Gasteiger partial charge in [0.15, 0.2) is 0 Å². The molecule has 2 nitrogen and oxygen atoms in total. The lowest BCUT2D eigenvalue weighted by atomic mass is 9.76. The van der Waals surface area contributed by atoms with Crippen LogP contribution in [0.2, 0.25) is 0 Å². The van der Waals surface area contributed by atoms with Crippen molar-refractivity contribution < 1.29 is 4.79 Å². The van der Waals surface area contributed by atoms with E-state index in [-0.39, 0.29) is 17.7 Å². The molecule has 0 radical (unpaired) electrons. The highest BCUT2D eigenvalue weighted by atomic mass is 16.2. The van der Waals surface area contributed by atoms with Crippen molar-refractivity contribution in [2.24, 2.45) is 0 Å². The number of benzene rings is 2. The number of carbonyl (C=O) groups is 1. The van der Waals surface area contributed by atoms with E-state index in [1.54, 1.807) is 0 Å². The van der Waals surface area contributed by atoms with Crippen LogP contribution in [0.5, 0.6) is 0 Å². The molecule has 19 heavy (non-hydrogen) atoms. The van der Waals surface area contributed by atoms with E-state index in [1.807, 2.05) is 48.5 Å². The predicted octanol–water partition coefficient (Wildman–Crippen LogP) is 3.92. The van der Waals surface area contributed by atoms with Crippen molar-refractivity contribution in [3.8, 4) is 0 Å². The molecular formula is C17H17NO. The Morgan fingerprint density at radius 1 is 1.00 bits per heavy atom. The number of nitrogens with one attached hydrogen (secondary N) is 1. The van der Waals surface area contributed by atoms with Crippen LogP contribution in [0.1, 0.15) is 36.3 Å². The van der Waals surface area contributed by atoms with Crippen LogP contribution in [0.4, 0.5) is 5.69 Å². The maximum atomic E-state index is 12.4. The van der Waals surface area contributed by atoms with Crippen LogP contribution in [-0.4, -0.2) is 5.91 Å². The largest absolute Gasteiger partial charge is 0.325 e. The van der Waals surface area contributed by atoms with Gasteiger partial charge >= 0.3 is 0 Å². The fraction of sp³-hybridized carbons (Fsp3) is 0.235. The maximum absolute atomic E-state index is 12.4. The number of fused-ring (bicyclic) bond motifs is 1. The second-order valence-corrected chi connectivity index (χ2v) is 4.98. The van der Waals surface area contributed by atoms with Gasteiger partial charge in [0, 0.05) is 11.6 Å². The summed E-state index contributed by atoms with van der Waals surface area (Å²) in [6, 6.07) is 18.2. The maximum Gasteiger partial charge on any atom is 0.232 e. The number of carbonyl (C=O) groups excluding carboxylic acids is 1. The molecule has 0 aromatic heterocycles. The molecule has 3 rings (SSSR count). The Morgan fingerprint density at radius 2 is 1.68 bits per heavy atom. The summed E-state index contributed by atoms with van der Waals surface area (Å²) in [5.41, 5.74) is 3.31. The lowest BCUT2D eigenvalue weighted by molar-refractivity contribution is -0.118. The highest BCUT2D eigenvalue weighted by molar-refractivity contribution is 5.99. The smallest absolute Gasteiger partial charge is 0.232 e. The van der Waals surface area contributed by atoms with E-state index in [1.165, 1.54) is 5.56 Å². The molecule has 2 heteroatoms. The van der Waals surface area contributed by atoms with Crippen LogP contribution in [0.3, 0.4) is 0 Å². The fourth-order valence-electron chi connectivity index (χ4n) is 3.01. The quantitative estimate of drug-likeness (QED) is 0.861. The van der Waals surface area contributed by atoms with Gasteiger partial charge in [-0.1, -0.05) is 55.5 Å². The Bertz CT molecular complexity index is 591. The van der Waals surface area contributed by atoms with Crippen LogP contribution in [0.15, 0.2) is 54.6 Å². The van der Waals surface area contributed by atoms with Crippen molar-refractivity contribution in [1.29, 1.82) is 0 Å². The van der Waals surface area contributed by atoms with Gasteiger partial charge in [-0.05, 0) is 23.6 Å². The van der Waals surface area contributed by atoms with E-state index < -0.39 is 0 Å². The Morgan fingerprint density at radius 3 is 2.42 bits per heavy atom. The van der Waals surface area contributed by atoms with Crippen LogP contribution in [0, 0.1) is 0 Å². The number of rotatable bonds is 2. The summed E-state index contributed by atoms with van der Waals surface area (Å²) >= 11 is 0. The standard InChI is InChI=1S/C17H17NO/c1-2-13-14-10-6-7-11-15(14)18-17(19)16(13)12-8-4-3-5-9-12/h3-11,13,16H,2H2,1H3,(H,18,19). The molecular weight excluding hydrogens is 234 g/mol. The van der Waals surface area contributed by atoms with Crippen LogP contribution < -0.4 is 5.32 Å². The van der Waals surface area contributed by atoms with Crippen LogP contribution in [-0.2, 0) is 4.79 Å². The molecule has 0 spiro atoms. The second-order valence-electron chi connectivity index (χ2n) is 4.98. The molecule has 2 atom stereocenters. The van der Waals surface area contributed by atoms with E-state index in [9.17, 15) is 4.79 Å². The van der Waals surface area contributed by atoms with Gasteiger partial charge in [-0.25, -0.2) is 0 Å². The summed E-state index contributed by atoms with van der Waals surface area (Å²) in [7, 11) is 0. The molecule has 2 aromatic rings.